The Morgan fingerprint density at radius 1 is 1.29 bits per heavy atom. The van der Waals surface area contributed by atoms with Gasteiger partial charge in [0.15, 0.2) is 0 Å². The number of benzene rings is 1. The molecule has 1 heterocycles. The average Bonchev–Trinajstić information content (AvgIpc) is 2.97. The van der Waals surface area contributed by atoms with Gasteiger partial charge in [-0.3, -0.25) is 4.79 Å². The van der Waals surface area contributed by atoms with Crippen LogP contribution >= 0.6 is 0 Å². The van der Waals surface area contributed by atoms with E-state index in [1.165, 1.54) is 6.92 Å². The number of amides is 1. The van der Waals surface area contributed by atoms with Crippen molar-refractivity contribution in [1.29, 1.82) is 0 Å². The molecule has 7 heteroatoms. The van der Waals surface area contributed by atoms with Crippen molar-refractivity contribution < 1.29 is 24.5 Å². The van der Waals surface area contributed by atoms with Crippen molar-refractivity contribution in [2.45, 2.75) is 32.5 Å². The maximum absolute atomic E-state index is 11.7. The first-order chi connectivity index (χ1) is 11.4. The first-order valence-electron chi connectivity index (χ1n) is 7.82. The third-order valence-electron chi connectivity index (χ3n) is 3.66. The van der Waals surface area contributed by atoms with Gasteiger partial charge in [-0.2, -0.15) is 0 Å². The van der Waals surface area contributed by atoms with E-state index in [1.54, 1.807) is 31.2 Å². The summed E-state index contributed by atoms with van der Waals surface area (Å²) in [4.78, 5) is 25.5. The zero-order valence-corrected chi connectivity index (χ0v) is 13.7. The number of aromatic nitrogens is 1. The topological polar surface area (TPSA) is 112 Å². The molecule has 2 atom stereocenters. The van der Waals surface area contributed by atoms with Crippen molar-refractivity contribution in [3.8, 4) is 0 Å². The summed E-state index contributed by atoms with van der Waals surface area (Å²) in [5.41, 5.74) is 1.53. The van der Waals surface area contributed by atoms with Crippen LogP contribution in [0.2, 0.25) is 0 Å². The van der Waals surface area contributed by atoms with Gasteiger partial charge in [-0.1, -0.05) is 12.1 Å². The lowest BCUT2D eigenvalue weighted by atomic mass is 10.0. The Hall–Kier alpha value is -2.38. The van der Waals surface area contributed by atoms with E-state index in [0.29, 0.717) is 23.4 Å². The van der Waals surface area contributed by atoms with E-state index in [1.807, 2.05) is 0 Å². The van der Waals surface area contributed by atoms with E-state index in [9.17, 15) is 19.8 Å². The molecule has 7 nitrogen and oxygen atoms in total. The number of carbonyl (C=O) groups is 2. The Kier molecular flexibility index (Phi) is 5.94. The second-order valence-corrected chi connectivity index (χ2v) is 5.53. The van der Waals surface area contributed by atoms with E-state index >= 15 is 0 Å². The minimum absolute atomic E-state index is 0.184. The van der Waals surface area contributed by atoms with Gasteiger partial charge in [-0.05, 0) is 31.0 Å². The van der Waals surface area contributed by atoms with Gasteiger partial charge in [0, 0.05) is 24.4 Å². The summed E-state index contributed by atoms with van der Waals surface area (Å²) >= 11 is 0. The van der Waals surface area contributed by atoms with Gasteiger partial charge in [0.05, 0.1) is 12.7 Å². The van der Waals surface area contributed by atoms with E-state index in [0.717, 1.165) is 5.39 Å². The third kappa shape index (κ3) is 4.33. The maximum Gasteiger partial charge on any atom is 0.354 e. The van der Waals surface area contributed by atoms with Crippen molar-refractivity contribution in [3.63, 3.8) is 0 Å². The molecular weight excluding hydrogens is 312 g/mol. The Morgan fingerprint density at radius 2 is 2.04 bits per heavy atom. The summed E-state index contributed by atoms with van der Waals surface area (Å²) in [6.07, 6.45) is -1.86. The fourth-order valence-electron chi connectivity index (χ4n) is 2.42. The van der Waals surface area contributed by atoms with Crippen LogP contribution in [-0.2, 0) is 9.53 Å². The van der Waals surface area contributed by atoms with Crippen molar-refractivity contribution in [1.82, 2.24) is 10.3 Å². The SMILES string of the molecule is CCOC(=O)c1cc2ccc(C(O)C(O)CCNC(C)=O)cc2[nH]1. The number of aromatic amines is 1. The van der Waals surface area contributed by atoms with E-state index in [2.05, 4.69) is 10.3 Å². The van der Waals surface area contributed by atoms with Crippen LogP contribution in [0.4, 0.5) is 0 Å². The zero-order valence-electron chi connectivity index (χ0n) is 13.7. The molecule has 0 spiro atoms. The summed E-state index contributed by atoms with van der Waals surface area (Å²) in [5, 5.41) is 23.7. The molecule has 0 radical (unpaired) electrons. The summed E-state index contributed by atoms with van der Waals surface area (Å²) in [6.45, 7) is 3.70. The molecule has 0 saturated heterocycles. The molecule has 0 fully saturated rings. The van der Waals surface area contributed by atoms with Gasteiger partial charge >= 0.3 is 5.97 Å². The van der Waals surface area contributed by atoms with Crippen molar-refractivity contribution in [3.05, 3.63) is 35.5 Å². The summed E-state index contributed by atoms with van der Waals surface area (Å²) in [7, 11) is 0. The molecule has 1 aromatic heterocycles. The van der Waals surface area contributed by atoms with Crippen LogP contribution in [0.1, 0.15) is 42.4 Å². The first-order valence-corrected chi connectivity index (χ1v) is 7.82. The highest BCUT2D eigenvalue weighted by molar-refractivity contribution is 5.95. The largest absolute Gasteiger partial charge is 0.461 e. The predicted molar refractivity (Wildman–Crippen MR) is 88.5 cm³/mol. The minimum atomic E-state index is -1.09. The first kappa shape index (κ1) is 18.0. The van der Waals surface area contributed by atoms with Crippen molar-refractivity contribution in [2.24, 2.45) is 0 Å². The van der Waals surface area contributed by atoms with Crippen LogP contribution in [0, 0.1) is 0 Å². The summed E-state index contributed by atoms with van der Waals surface area (Å²) < 4.78 is 4.94. The summed E-state index contributed by atoms with van der Waals surface area (Å²) in [6, 6.07) is 6.81. The van der Waals surface area contributed by atoms with E-state index in [-0.39, 0.29) is 18.9 Å². The van der Waals surface area contributed by atoms with Crippen molar-refractivity contribution >= 4 is 22.8 Å². The maximum atomic E-state index is 11.7. The number of aliphatic hydroxyl groups excluding tert-OH is 2. The minimum Gasteiger partial charge on any atom is -0.461 e. The zero-order chi connectivity index (χ0) is 17.7. The Balaban J connectivity index is 2.11. The highest BCUT2D eigenvalue weighted by Crippen LogP contribution is 2.24. The molecular formula is C17H22N2O5. The fraction of sp³-hybridized carbons (Fsp3) is 0.412. The lowest BCUT2D eigenvalue weighted by Crippen LogP contribution is -2.27. The molecule has 24 heavy (non-hydrogen) atoms. The standard InChI is InChI=1S/C17H22N2O5/c1-3-24-17(23)14-8-11-4-5-12(9-13(11)19-14)16(22)15(21)6-7-18-10(2)20/h4-5,8-9,15-16,19,21-22H,3,6-7H2,1-2H3,(H,18,20). The number of nitrogens with one attached hydrogen (secondary N) is 2. The van der Waals surface area contributed by atoms with Gasteiger partial charge in [0.2, 0.25) is 5.91 Å². The Bertz CT molecular complexity index is 725. The molecule has 0 saturated carbocycles. The number of hydrogen-bond acceptors (Lipinski definition) is 5. The van der Waals surface area contributed by atoms with Gasteiger partial charge < -0.3 is 25.3 Å². The normalized spacial score (nSPS) is 13.5. The van der Waals surface area contributed by atoms with Gasteiger partial charge in [-0.25, -0.2) is 4.79 Å². The number of fused-ring (bicyclic) bond motifs is 1. The average molecular weight is 334 g/mol. The molecule has 0 aliphatic rings. The Morgan fingerprint density at radius 3 is 2.71 bits per heavy atom. The molecule has 4 N–H and O–H groups in total. The molecule has 2 aromatic rings. The molecule has 0 bridgehead atoms. The molecule has 1 aromatic carbocycles. The van der Waals surface area contributed by atoms with E-state index < -0.39 is 18.2 Å². The fourth-order valence-corrected chi connectivity index (χ4v) is 2.42. The monoisotopic (exact) mass is 334 g/mol. The predicted octanol–water partition coefficient (Wildman–Crippen LogP) is 1.27. The quantitative estimate of drug-likeness (QED) is 0.570. The second-order valence-electron chi connectivity index (χ2n) is 5.53. The number of esters is 1. The number of H-pyrrole nitrogens is 1. The number of carbonyl (C=O) groups excluding carboxylic acids is 2. The second kappa shape index (κ2) is 7.94. The summed E-state index contributed by atoms with van der Waals surface area (Å²) in [5.74, 6) is -0.623. The molecule has 2 rings (SSSR count). The molecule has 2 unspecified atom stereocenters. The Labute approximate surface area is 139 Å². The van der Waals surface area contributed by atoms with Gasteiger partial charge in [0.1, 0.15) is 11.8 Å². The van der Waals surface area contributed by atoms with Crippen LogP contribution in [-0.4, -0.2) is 46.3 Å². The highest BCUT2D eigenvalue weighted by Gasteiger charge is 2.19. The number of aliphatic hydroxyl groups is 2. The smallest absolute Gasteiger partial charge is 0.354 e. The van der Waals surface area contributed by atoms with Crippen molar-refractivity contribution in [2.75, 3.05) is 13.2 Å². The van der Waals surface area contributed by atoms with Crippen LogP contribution in [0.5, 0.6) is 0 Å². The van der Waals surface area contributed by atoms with Crippen LogP contribution in [0.3, 0.4) is 0 Å². The van der Waals surface area contributed by atoms with Gasteiger partial charge in [-0.15, -0.1) is 0 Å². The highest BCUT2D eigenvalue weighted by atomic mass is 16.5. The third-order valence-corrected chi connectivity index (χ3v) is 3.66. The number of ether oxygens (including phenoxy) is 1. The number of rotatable bonds is 7. The lowest BCUT2D eigenvalue weighted by Gasteiger charge is -2.18. The molecule has 0 aliphatic heterocycles. The van der Waals surface area contributed by atoms with Gasteiger partial charge in [0.25, 0.3) is 0 Å². The number of hydrogen-bond donors (Lipinski definition) is 4. The van der Waals surface area contributed by atoms with Crippen LogP contribution in [0.25, 0.3) is 10.9 Å². The molecule has 1 amide bonds. The van der Waals surface area contributed by atoms with E-state index in [4.69, 9.17) is 4.74 Å². The van der Waals surface area contributed by atoms with Crippen LogP contribution < -0.4 is 5.32 Å². The molecule has 0 aliphatic carbocycles. The molecule has 130 valence electrons. The van der Waals surface area contributed by atoms with Crippen LogP contribution in [0.15, 0.2) is 24.3 Å². The lowest BCUT2D eigenvalue weighted by molar-refractivity contribution is -0.119.